The quantitative estimate of drug-likeness (QED) is 0.799. The van der Waals surface area contributed by atoms with Gasteiger partial charge in [-0.2, -0.15) is 13.2 Å². The van der Waals surface area contributed by atoms with Gasteiger partial charge in [0.15, 0.2) is 0 Å². The van der Waals surface area contributed by atoms with Crippen molar-refractivity contribution in [3.8, 4) is 0 Å². The molecule has 0 saturated heterocycles. The molecule has 1 heterocycles. The van der Waals surface area contributed by atoms with Crippen LogP contribution >= 0.6 is 11.6 Å². The van der Waals surface area contributed by atoms with Crippen molar-refractivity contribution in [3.63, 3.8) is 0 Å². The van der Waals surface area contributed by atoms with Crippen LogP contribution < -0.4 is 0 Å². The molecule has 0 amide bonds. The summed E-state index contributed by atoms with van der Waals surface area (Å²) in [5.41, 5.74) is -1.90. The zero-order valence-corrected chi connectivity index (χ0v) is 7.23. The number of carboxylic acid groups (broad SMARTS) is 1. The van der Waals surface area contributed by atoms with Gasteiger partial charge in [0.25, 0.3) is 0 Å². The molecule has 0 aliphatic rings. The molecule has 1 rings (SSSR count). The predicted octanol–water partition coefficient (Wildman–Crippen LogP) is 2.45. The van der Waals surface area contributed by atoms with Crippen LogP contribution in [-0.2, 0) is 6.18 Å². The van der Waals surface area contributed by atoms with Crippen LogP contribution in [0.3, 0.4) is 0 Å². The van der Waals surface area contributed by atoms with Crippen molar-refractivity contribution in [1.82, 2.24) is 4.98 Å². The van der Waals surface area contributed by atoms with Crippen LogP contribution in [0.1, 0.15) is 16.1 Å². The summed E-state index contributed by atoms with van der Waals surface area (Å²) in [6.07, 6.45) is -4.01. The first-order valence-electron chi connectivity index (χ1n) is 3.28. The highest BCUT2D eigenvalue weighted by Crippen LogP contribution is 2.29. The highest BCUT2D eigenvalue weighted by atomic mass is 35.5. The van der Waals surface area contributed by atoms with Crippen LogP contribution in [0.2, 0.25) is 5.02 Å². The molecule has 7 heteroatoms. The first kappa shape index (κ1) is 10.8. The Balaban J connectivity index is 3.27. The van der Waals surface area contributed by atoms with Crippen molar-refractivity contribution in [1.29, 1.82) is 0 Å². The maximum absolute atomic E-state index is 12.1. The fourth-order valence-corrected chi connectivity index (χ4v) is 0.942. The molecule has 0 bridgehead atoms. The highest BCUT2D eigenvalue weighted by Gasteiger charge is 2.33. The summed E-state index contributed by atoms with van der Waals surface area (Å²) in [6, 6.07) is 0.394. The van der Waals surface area contributed by atoms with Gasteiger partial charge in [-0.1, -0.05) is 11.6 Å². The lowest BCUT2D eigenvalue weighted by molar-refractivity contribution is -0.141. The third-order valence-electron chi connectivity index (χ3n) is 1.38. The van der Waals surface area contributed by atoms with E-state index >= 15 is 0 Å². The molecule has 3 nitrogen and oxygen atoms in total. The largest absolute Gasteiger partial charge is 0.478 e. The second-order valence-corrected chi connectivity index (χ2v) is 2.76. The number of hydrogen-bond donors (Lipinski definition) is 1. The van der Waals surface area contributed by atoms with Crippen molar-refractivity contribution in [2.75, 3.05) is 0 Å². The lowest BCUT2D eigenvalue weighted by Gasteiger charge is -2.06. The number of nitrogens with zero attached hydrogens (tertiary/aromatic N) is 1. The van der Waals surface area contributed by atoms with Gasteiger partial charge in [0.2, 0.25) is 0 Å². The number of rotatable bonds is 1. The molecule has 0 spiro atoms. The van der Waals surface area contributed by atoms with Gasteiger partial charge in [0, 0.05) is 6.20 Å². The molecule has 0 aliphatic carbocycles. The summed E-state index contributed by atoms with van der Waals surface area (Å²) in [5, 5.41) is 8.15. The number of aromatic carboxylic acids is 1. The predicted molar refractivity (Wildman–Crippen MR) is 41.2 cm³/mol. The van der Waals surface area contributed by atoms with E-state index in [9.17, 15) is 18.0 Å². The molecule has 0 saturated carbocycles. The molecule has 0 aliphatic heterocycles. The number of pyridine rings is 1. The number of carboxylic acids is 1. The first-order chi connectivity index (χ1) is 6.32. The number of alkyl halides is 3. The Bertz CT molecular complexity index is 378. The molecule has 14 heavy (non-hydrogen) atoms. The van der Waals surface area contributed by atoms with E-state index in [-0.39, 0.29) is 5.02 Å². The van der Waals surface area contributed by atoms with Crippen molar-refractivity contribution in [2.45, 2.75) is 6.18 Å². The van der Waals surface area contributed by atoms with Gasteiger partial charge in [-0.05, 0) is 6.07 Å². The zero-order valence-electron chi connectivity index (χ0n) is 6.47. The van der Waals surface area contributed by atoms with Crippen LogP contribution in [0.25, 0.3) is 0 Å². The average molecular weight is 226 g/mol. The topological polar surface area (TPSA) is 50.2 Å². The van der Waals surface area contributed by atoms with Crippen molar-refractivity contribution < 1.29 is 23.1 Å². The van der Waals surface area contributed by atoms with E-state index in [0.717, 1.165) is 0 Å². The van der Waals surface area contributed by atoms with Crippen molar-refractivity contribution >= 4 is 17.6 Å². The first-order valence-corrected chi connectivity index (χ1v) is 3.66. The molecular weight excluding hydrogens is 223 g/mol. The third-order valence-corrected chi connectivity index (χ3v) is 1.68. The van der Waals surface area contributed by atoms with Crippen LogP contribution in [-0.4, -0.2) is 16.1 Å². The fraction of sp³-hybridized carbons (Fsp3) is 0.143. The Morgan fingerprint density at radius 3 is 2.50 bits per heavy atom. The SMILES string of the molecule is O=C(O)c1cc(C(F)(F)F)ncc1Cl. The van der Waals surface area contributed by atoms with Crippen molar-refractivity contribution in [2.24, 2.45) is 0 Å². The number of carbonyl (C=O) groups is 1. The molecule has 1 N–H and O–H groups in total. The lowest BCUT2D eigenvalue weighted by atomic mass is 10.2. The fourth-order valence-electron chi connectivity index (χ4n) is 0.758. The smallest absolute Gasteiger partial charge is 0.433 e. The van der Waals surface area contributed by atoms with Gasteiger partial charge >= 0.3 is 12.1 Å². The van der Waals surface area contributed by atoms with E-state index in [1.165, 1.54) is 0 Å². The normalized spacial score (nSPS) is 11.4. The Labute approximate surface area is 81.1 Å². The van der Waals surface area contributed by atoms with Crippen LogP contribution in [0.15, 0.2) is 12.3 Å². The average Bonchev–Trinajstić information content (AvgIpc) is 2.02. The van der Waals surface area contributed by atoms with Crippen LogP contribution in [0, 0.1) is 0 Å². The summed E-state index contributed by atoms with van der Waals surface area (Å²) in [4.78, 5) is 13.4. The Kier molecular flexibility index (Phi) is 2.66. The minimum Gasteiger partial charge on any atom is -0.478 e. The van der Waals surface area contributed by atoms with E-state index < -0.39 is 23.4 Å². The number of aromatic nitrogens is 1. The van der Waals surface area contributed by atoms with Crippen LogP contribution in [0.4, 0.5) is 13.2 Å². The molecule has 0 unspecified atom stereocenters. The number of hydrogen-bond acceptors (Lipinski definition) is 2. The second-order valence-electron chi connectivity index (χ2n) is 2.35. The minimum absolute atomic E-state index is 0.328. The number of halogens is 4. The third kappa shape index (κ3) is 2.14. The monoisotopic (exact) mass is 225 g/mol. The maximum Gasteiger partial charge on any atom is 0.433 e. The van der Waals surface area contributed by atoms with Gasteiger partial charge in [0.05, 0.1) is 10.6 Å². The van der Waals surface area contributed by atoms with Gasteiger partial charge < -0.3 is 5.11 Å². The molecular formula is C7H3ClF3NO2. The van der Waals surface area contributed by atoms with Gasteiger partial charge in [-0.3, -0.25) is 4.98 Å². The zero-order chi connectivity index (χ0) is 10.9. The summed E-state index contributed by atoms with van der Waals surface area (Å²) in [7, 11) is 0. The Hall–Kier alpha value is -1.30. The van der Waals surface area contributed by atoms with E-state index in [2.05, 4.69) is 4.98 Å². The Morgan fingerprint density at radius 1 is 1.50 bits per heavy atom. The minimum atomic E-state index is -4.67. The summed E-state index contributed by atoms with van der Waals surface area (Å²) in [6.45, 7) is 0. The van der Waals surface area contributed by atoms with Crippen LogP contribution in [0.5, 0.6) is 0 Å². The highest BCUT2D eigenvalue weighted by molar-refractivity contribution is 6.33. The molecule has 0 fully saturated rings. The lowest BCUT2D eigenvalue weighted by Crippen LogP contribution is -2.10. The maximum atomic E-state index is 12.1. The molecule has 0 atom stereocenters. The standard InChI is InChI=1S/C7H3ClF3NO2/c8-4-2-12-5(7(9,10)11)1-3(4)6(13)14/h1-2H,(H,13,14). The second kappa shape index (κ2) is 3.45. The van der Waals surface area contributed by atoms with E-state index in [1.54, 1.807) is 0 Å². The summed E-state index contributed by atoms with van der Waals surface area (Å²) >= 11 is 5.33. The van der Waals surface area contributed by atoms with Crippen molar-refractivity contribution in [3.05, 3.63) is 28.5 Å². The van der Waals surface area contributed by atoms with E-state index in [4.69, 9.17) is 16.7 Å². The molecule has 0 radical (unpaired) electrons. The Morgan fingerprint density at radius 2 is 2.07 bits per heavy atom. The summed E-state index contributed by atoms with van der Waals surface area (Å²) < 4.78 is 36.2. The van der Waals surface area contributed by atoms with E-state index in [1.807, 2.05) is 0 Å². The van der Waals surface area contributed by atoms with Gasteiger partial charge in [-0.15, -0.1) is 0 Å². The van der Waals surface area contributed by atoms with E-state index in [0.29, 0.717) is 12.3 Å². The summed E-state index contributed by atoms with van der Waals surface area (Å²) in [5.74, 6) is -1.53. The molecule has 1 aromatic heterocycles. The van der Waals surface area contributed by atoms with Gasteiger partial charge in [-0.25, -0.2) is 4.79 Å². The van der Waals surface area contributed by atoms with Gasteiger partial charge in [0.1, 0.15) is 5.69 Å². The molecule has 1 aromatic rings. The molecule has 0 aromatic carbocycles. The molecule has 76 valence electrons.